The van der Waals surface area contributed by atoms with Gasteiger partial charge < -0.3 is 10.1 Å². The number of amides is 1. The van der Waals surface area contributed by atoms with Crippen molar-refractivity contribution < 1.29 is 17.9 Å². The van der Waals surface area contributed by atoms with Gasteiger partial charge in [-0.1, -0.05) is 15.9 Å². The standard InChI is InChI=1S/C17H16BrNO4S/c1-23-16-9-4-13(18)11-12(16)3-10-17(20)19-14-5-7-15(8-6-14)24(2,21)22/h3-11H,1-2H3,(H,19,20)/b10-3+. The summed E-state index contributed by atoms with van der Waals surface area (Å²) in [5, 5.41) is 2.67. The number of benzene rings is 2. The summed E-state index contributed by atoms with van der Waals surface area (Å²) in [5.41, 5.74) is 1.27. The average Bonchev–Trinajstić information content (AvgIpc) is 2.53. The van der Waals surface area contributed by atoms with Crippen molar-refractivity contribution in [1.29, 1.82) is 0 Å². The van der Waals surface area contributed by atoms with E-state index in [0.29, 0.717) is 11.4 Å². The monoisotopic (exact) mass is 409 g/mol. The van der Waals surface area contributed by atoms with Crippen molar-refractivity contribution in [3.05, 3.63) is 58.6 Å². The topological polar surface area (TPSA) is 72.5 Å². The van der Waals surface area contributed by atoms with Gasteiger partial charge in [0.2, 0.25) is 5.91 Å². The Morgan fingerprint density at radius 3 is 2.42 bits per heavy atom. The molecule has 0 aliphatic heterocycles. The van der Waals surface area contributed by atoms with Crippen molar-refractivity contribution in [2.75, 3.05) is 18.7 Å². The van der Waals surface area contributed by atoms with Crippen LogP contribution in [0.5, 0.6) is 5.75 Å². The summed E-state index contributed by atoms with van der Waals surface area (Å²) < 4.78 is 28.9. The summed E-state index contributed by atoms with van der Waals surface area (Å²) in [4.78, 5) is 12.2. The van der Waals surface area contributed by atoms with Gasteiger partial charge in [-0.05, 0) is 48.5 Å². The highest BCUT2D eigenvalue weighted by Gasteiger charge is 2.07. The van der Waals surface area contributed by atoms with Crippen LogP contribution in [0.3, 0.4) is 0 Å². The zero-order valence-corrected chi connectivity index (χ0v) is 15.5. The van der Waals surface area contributed by atoms with Crippen molar-refractivity contribution in [2.45, 2.75) is 4.90 Å². The third kappa shape index (κ3) is 4.94. The fraction of sp³-hybridized carbons (Fsp3) is 0.118. The first-order chi connectivity index (χ1) is 11.3. The number of hydrogen-bond donors (Lipinski definition) is 1. The van der Waals surface area contributed by atoms with Crippen LogP contribution in [-0.4, -0.2) is 27.7 Å². The van der Waals surface area contributed by atoms with Crippen LogP contribution in [0.1, 0.15) is 5.56 Å². The second kappa shape index (κ2) is 7.63. The second-order valence-corrected chi connectivity index (χ2v) is 7.94. The Kier molecular flexibility index (Phi) is 5.80. The molecule has 0 saturated carbocycles. The number of hydrogen-bond acceptors (Lipinski definition) is 4. The number of halogens is 1. The number of carbonyl (C=O) groups excluding carboxylic acids is 1. The number of methoxy groups -OCH3 is 1. The molecular formula is C17H16BrNO4S. The molecule has 24 heavy (non-hydrogen) atoms. The van der Waals surface area contributed by atoms with Gasteiger partial charge in [-0.25, -0.2) is 8.42 Å². The predicted octanol–water partition coefficient (Wildman–Crippen LogP) is 3.51. The van der Waals surface area contributed by atoms with Crippen LogP contribution in [0.2, 0.25) is 0 Å². The van der Waals surface area contributed by atoms with E-state index < -0.39 is 9.84 Å². The molecule has 0 radical (unpaired) electrons. The van der Waals surface area contributed by atoms with E-state index in [9.17, 15) is 13.2 Å². The molecule has 0 aliphatic carbocycles. The van der Waals surface area contributed by atoms with Crippen molar-refractivity contribution in [3.63, 3.8) is 0 Å². The molecule has 0 aromatic heterocycles. The Bertz CT molecular complexity index is 874. The third-order valence-corrected chi connectivity index (χ3v) is 4.78. The highest BCUT2D eigenvalue weighted by Crippen LogP contribution is 2.24. The van der Waals surface area contributed by atoms with Crippen molar-refractivity contribution >= 4 is 43.4 Å². The maximum atomic E-state index is 12.0. The van der Waals surface area contributed by atoms with Gasteiger partial charge in [0.05, 0.1) is 12.0 Å². The van der Waals surface area contributed by atoms with E-state index >= 15 is 0 Å². The molecule has 5 nitrogen and oxygen atoms in total. The van der Waals surface area contributed by atoms with Gasteiger partial charge in [0.25, 0.3) is 0 Å². The number of anilines is 1. The molecule has 1 N–H and O–H groups in total. The van der Waals surface area contributed by atoms with Gasteiger partial charge in [0, 0.05) is 28.1 Å². The molecule has 2 rings (SSSR count). The quantitative estimate of drug-likeness (QED) is 0.766. The number of rotatable bonds is 5. The van der Waals surface area contributed by atoms with Gasteiger partial charge in [0.1, 0.15) is 5.75 Å². The van der Waals surface area contributed by atoms with Crippen LogP contribution < -0.4 is 10.1 Å². The Hall–Kier alpha value is -2.12. The van der Waals surface area contributed by atoms with E-state index in [1.54, 1.807) is 31.4 Å². The first-order valence-corrected chi connectivity index (χ1v) is 9.61. The smallest absolute Gasteiger partial charge is 0.248 e. The van der Waals surface area contributed by atoms with Gasteiger partial charge in [-0.15, -0.1) is 0 Å². The normalized spacial score (nSPS) is 11.5. The first-order valence-electron chi connectivity index (χ1n) is 6.92. The lowest BCUT2D eigenvalue weighted by molar-refractivity contribution is -0.111. The molecule has 7 heteroatoms. The molecule has 2 aromatic rings. The summed E-state index contributed by atoms with van der Waals surface area (Å²) in [5.74, 6) is 0.323. The van der Waals surface area contributed by atoms with Crippen molar-refractivity contribution in [2.24, 2.45) is 0 Å². The van der Waals surface area contributed by atoms with Crippen LogP contribution in [-0.2, 0) is 14.6 Å². The fourth-order valence-corrected chi connectivity index (χ4v) is 2.98. The molecule has 0 saturated heterocycles. The Labute approximate surface area is 149 Å². The number of nitrogens with one attached hydrogen (secondary N) is 1. The van der Waals surface area contributed by atoms with Gasteiger partial charge in [-0.3, -0.25) is 4.79 Å². The summed E-state index contributed by atoms with van der Waals surface area (Å²) >= 11 is 3.37. The average molecular weight is 410 g/mol. The van der Waals surface area contributed by atoms with Crippen molar-refractivity contribution in [1.82, 2.24) is 0 Å². The fourth-order valence-electron chi connectivity index (χ4n) is 1.97. The zero-order valence-electron chi connectivity index (χ0n) is 13.1. The van der Waals surface area contributed by atoms with Crippen LogP contribution in [0.4, 0.5) is 5.69 Å². The van der Waals surface area contributed by atoms with Crippen LogP contribution in [0.15, 0.2) is 57.9 Å². The van der Waals surface area contributed by atoms with Crippen molar-refractivity contribution in [3.8, 4) is 5.75 Å². The zero-order chi connectivity index (χ0) is 17.7. The molecule has 0 heterocycles. The summed E-state index contributed by atoms with van der Waals surface area (Å²) in [6.45, 7) is 0. The second-order valence-electron chi connectivity index (χ2n) is 5.01. The van der Waals surface area contributed by atoms with E-state index in [0.717, 1.165) is 16.3 Å². The first kappa shape index (κ1) is 18.2. The predicted molar refractivity (Wildman–Crippen MR) is 97.9 cm³/mol. The SMILES string of the molecule is COc1ccc(Br)cc1/C=C/C(=O)Nc1ccc(S(C)(=O)=O)cc1. The summed E-state index contributed by atoms with van der Waals surface area (Å²) in [6.07, 6.45) is 4.16. The Morgan fingerprint density at radius 2 is 1.83 bits per heavy atom. The summed E-state index contributed by atoms with van der Waals surface area (Å²) in [7, 11) is -1.69. The van der Waals surface area contributed by atoms with Gasteiger partial charge in [-0.2, -0.15) is 0 Å². The van der Waals surface area contributed by atoms with Crippen LogP contribution in [0, 0.1) is 0 Å². The van der Waals surface area contributed by atoms with E-state index in [1.165, 1.54) is 18.2 Å². The maximum Gasteiger partial charge on any atom is 0.248 e. The maximum absolute atomic E-state index is 12.0. The largest absolute Gasteiger partial charge is 0.496 e. The Morgan fingerprint density at radius 1 is 1.17 bits per heavy atom. The molecular weight excluding hydrogens is 394 g/mol. The Balaban J connectivity index is 2.09. The van der Waals surface area contributed by atoms with E-state index in [2.05, 4.69) is 21.2 Å². The van der Waals surface area contributed by atoms with Crippen LogP contribution >= 0.6 is 15.9 Å². The highest BCUT2D eigenvalue weighted by atomic mass is 79.9. The molecule has 0 spiro atoms. The molecule has 126 valence electrons. The highest BCUT2D eigenvalue weighted by molar-refractivity contribution is 9.10. The molecule has 0 atom stereocenters. The minimum atomic E-state index is -3.25. The minimum absolute atomic E-state index is 0.204. The van der Waals surface area contributed by atoms with E-state index in [-0.39, 0.29) is 10.8 Å². The molecule has 2 aromatic carbocycles. The minimum Gasteiger partial charge on any atom is -0.496 e. The van der Waals surface area contributed by atoms with Crippen LogP contribution in [0.25, 0.3) is 6.08 Å². The molecule has 0 aliphatic rings. The molecule has 1 amide bonds. The number of carbonyl (C=O) groups is 1. The van der Waals surface area contributed by atoms with E-state index in [1.807, 2.05) is 12.1 Å². The number of sulfone groups is 1. The van der Waals surface area contributed by atoms with E-state index in [4.69, 9.17) is 4.74 Å². The lowest BCUT2D eigenvalue weighted by Crippen LogP contribution is -2.08. The molecule has 0 fully saturated rings. The van der Waals surface area contributed by atoms with Gasteiger partial charge >= 0.3 is 0 Å². The number of ether oxygens (including phenoxy) is 1. The molecule has 0 unspecified atom stereocenters. The summed E-state index contributed by atoms with van der Waals surface area (Å²) in [6, 6.07) is 11.5. The molecule has 0 bridgehead atoms. The van der Waals surface area contributed by atoms with Gasteiger partial charge in [0.15, 0.2) is 9.84 Å². The lowest BCUT2D eigenvalue weighted by atomic mass is 10.2. The lowest BCUT2D eigenvalue weighted by Gasteiger charge is -2.06. The third-order valence-electron chi connectivity index (χ3n) is 3.16.